The maximum atomic E-state index is 12.8. The third-order valence-corrected chi connectivity index (χ3v) is 6.29. The van der Waals surface area contributed by atoms with Crippen molar-refractivity contribution < 1.29 is 23.7 Å². The van der Waals surface area contributed by atoms with Crippen molar-refractivity contribution >= 4 is 5.97 Å². The van der Waals surface area contributed by atoms with Gasteiger partial charge in [-0.1, -0.05) is 63.2 Å². The third kappa shape index (κ3) is 4.34. The quantitative estimate of drug-likeness (QED) is 0.416. The smallest absolute Gasteiger partial charge is 0.356 e. The lowest BCUT2D eigenvalue weighted by Gasteiger charge is -2.28. The van der Waals surface area contributed by atoms with E-state index in [-0.39, 0.29) is 23.7 Å². The Balaban J connectivity index is 1.40. The number of ether oxygens (including phenoxy) is 4. The van der Waals surface area contributed by atoms with Crippen molar-refractivity contribution in [1.29, 1.82) is 5.26 Å². The first-order chi connectivity index (χ1) is 17.2. The van der Waals surface area contributed by atoms with Crippen LogP contribution < -0.4 is 24.7 Å². The van der Waals surface area contributed by atoms with E-state index in [1.165, 1.54) is 5.56 Å². The van der Waals surface area contributed by atoms with Gasteiger partial charge in [0.2, 0.25) is 12.0 Å². The Morgan fingerprint density at radius 3 is 2.44 bits per heavy atom. The van der Waals surface area contributed by atoms with Crippen LogP contribution >= 0.6 is 0 Å². The molecule has 7 nitrogen and oxygen atoms in total. The van der Waals surface area contributed by atoms with Gasteiger partial charge < -0.3 is 24.7 Å². The number of nitrogens with two attached hydrogens (primary N) is 1. The van der Waals surface area contributed by atoms with Crippen LogP contribution in [0.1, 0.15) is 43.4 Å². The molecule has 0 aromatic heterocycles. The van der Waals surface area contributed by atoms with Crippen LogP contribution in [-0.4, -0.2) is 18.7 Å². The highest BCUT2D eigenvalue weighted by Crippen LogP contribution is 2.44. The van der Waals surface area contributed by atoms with Gasteiger partial charge >= 0.3 is 5.97 Å². The minimum atomic E-state index is -0.902. The van der Waals surface area contributed by atoms with Gasteiger partial charge in [-0.3, -0.25) is 0 Å². The summed E-state index contributed by atoms with van der Waals surface area (Å²) >= 11 is 0. The lowest BCUT2D eigenvalue weighted by molar-refractivity contribution is -0.144. The fourth-order valence-corrected chi connectivity index (χ4v) is 4.34. The lowest BCUT2D eigenvalue weighted by atomic mass is 9.81. The van der Waals surface area contributed by atoms with Crippen molar-refractivity contribution in [3.8, 4) is 29.1 Å². The minimum Gasteiger partial charge on any atom is -0.485 e. The van der Waals surface area contributed by atoms with Crippen LogP contribution in [-0.2, 0) is 10.2 Å². The molecule has 5 rings (SSSR count). The van der Waals surface area contributed by atoms with E-state index in [0.717, 1.165) is 11.1 Å². The van der Waals surface area contributed by atoms with Crippen LogP contribution in [0.3, 0.4) is 0 Å². The molecule has 2 heterocycles. The van der Waals surface area contributed by atoms with Crippen molar-refractivity contribution in [2.45, 2.75) is 38.2 Å². The zero-order valence-corrected chi connectivity index (χ0v) is 20.3. The van der Waals surface area contributed by atoms with E-state index in [9.17, 15) is 10.1 Å². The van der Waals surface area contributed by atoms with Gasteiger partial charge in [0.25, 0.3) is 0 Å². The van der Waals surface area contributed by atoms with Crippen LogP contribution in [0.5, 0.6) is 23.0 Å². The van der Waals surface area contributed by atoms with E-state index in [1.54, 1.807) is 36.4 Å². The van der Waals surface area contributed by atoms with Crippen LogP contribution in [0.15, 0.2) is 78.2 Å². The van der Waals surface area contributed by atoms with Gasteiger partial charge in [-0.15, -0.1) is 0 Å². The first kappa shape index (κ1) is 23.3. The number of fused-ring (bicyclic) bond motifs is 2. The van der Waals surface area contributed by atoms with Crippen molar-refractivity contribution in [3.63, 3.8) is 0 Å². The molecule has 2 unspecified atom stereocenters. The van der Waals surface area contributed by atoms with Gasteiger partial charge in [0, 0.05) is 11.6 Å². The Morgan fingerprint density at radius 2 is 1.75 bits per heavy atom. The van der Waals surface area contributed by atoms with Crippen LogP contribution in [0.4, 0.5) is 0 Å². The average Bonchev–Trinajstić information content (AvgIpc) is 2.87. The lowest BCUT2D eigenvalue weighted by Crippen LogP contribution is -2.39. The second-order valence-corrected chi connectivity index (χ2v) is 9.78. The molecule has 2 atom stereocenters. The maximum absolute atomic E-state index is 12.8. The molecule has 0 amide bonds. The van der Waals surface area contributed by atoms with Gasteiger partial charge in [0.1, 0.15) is 29.7 Å². The predicted octanol–water partition coefficient (Wildman–Crippen LogP) is 4.95. The average molecular weight is 483 g/mol. The highest BCUT2D eigenvalue weighted by atomic mass is 16.6. The topological polar surface area (TPSA) is 104 Å². The maximum Gasteiger partial charge on any atom is 0.356 e. The van der Waals surface area contributed by atoms with Gasteiger partial charge in [0.05, 0.1) is 5.92 Å². The molecule has 3 aromatic carbocycles. The van der Waals surface area contributed by atoms with E-state index in [1.807, 2.05) is 18.2 Å². The number of carbonyl (C=O) groups is 1. The molecule has 36 heavy (non-hydrogen) atoms. The largest absolute Gasteiger partial charge is 0.485 e. The molecule has 2 aliphatic rings. The van der Waals surface area contributed by atoms with Crippen molar-refractivity contribution in [3.05, 3.63) is 94.9 Å². The zero-order chi connectivity index (χ0) is 25.4. The first-order valence-electron chi connectivity index (χ1n) is 11.7. The Labute approximate surface area is 209 Å². The molecule has 0 bridgehead atoms. The number of benzene rings is 3. The Kier molecular flexibility index (Phi) is 5.81. The van der Waals surface area contributed by atoms with Crippen LogP contribution in [0, 0.1) is 11.3 Å². The summed E-state index contributed by atoms with van der Waals surface area (Å²) in [4.78, 5) is 12.8. The van der Waals surface area contributed by atoms with Gasteiger partial charge in [0.15, 0.2) is 11.5 Å². The molecular weight excluding hydrogens is 456 g/mol. The monoisotopic (exact) mass is 482 g/mol. The number of rotatable bonds is 3. The SMILES string of the molecule is CC(C)(C)c1ccc(C2C(C#N)=C(N)Oc3cc(OC(=O)C4COc5ccccc5O4)ccc32)cc1. The number of carbonyl (C=O) groups excluding carboxylic acids is 1. The van der Waals surface area contributed by atoms with Gasteiger partial charge in [-0.2, -0.15) is 5.26 Å². The molecule has 0 saturated heterocycles. The summed E-state index contributed by atoms with van der Waals surface area (Å²) in [6.07, 6.45) is -0.902. The molecule has 2 N–H and O–H groups in total. The summed E-state index contributed by atoms with van der Waals surface area (Å²) in [5, 5.41) is 9.83. The zero-order valence-electron chi connectivity index (χ0n) is 20.3. The summed E-state index contributed by atoms with van der Waals surface area (Å²) in [7, 11) is 0. The van der Waals surface area contributed by atoms with Gasteiger partial charge in [-0.25, -0.2) is 4.79 Å². The van der Waals surface area contributed by atoms with Gasteiger partial charge in [-0.05, 0) is 34.7 Å². The summed E-state index contributed by atoms with van der Waals surface area (Å²) in [6.45, 7) is 6.49. The Hall–Kier alpha value is -4.44. The molecule has 2 aliphatic heterocycles. The summed E-state index contributed by atoms with van der Waals surface area (Å²) in [6, 6.07) is 22.6. The normalized spacial score (nSPS) is 18.5. The number of allylic oxidation sites excluding steroid dienone is 1. The predicted molar refractivity (Wildman–Crippen MR) is 133 cm³/mol. The van der Waals surface area contributed by atoms with E-state index >= 15 is 0 Å². The minimum absolute atomic E-state index is 0.00693. The Morgan fingerprint density at radius 1 is 1.03 bits per heavy atom. The Bertz CT molecular complexity index is 1400. The molecule has 182 valence electrons. The summed E-state index contributed by atoms with van der Waals surface area (Å²) in [5.74, 6) is 0.811. The fourth-order valence-electron chi connectivity index (χ4n) is 4.34. The fraction of sp³-hybridized carbons (Fsp3) is 0.241. The molecule has 7 heteroatoms. The highest BCUT2D eigenvalue weighted by molar-refractivity contribution is 5.78. The molecule has 0 saturated carbocycles. The number of nitriles is 1. The standard InChI is InChI=1S/C29H26N2O5/c1-29(2,3)18-10-8-17(9-11-18)26-20-13-12-19(14-24(20)36-27(31)21(26)15-30)34-28(32)25-16-33-22-6-4-5-7-23(22)35-25/h4-14,25-26H,16,31H2,1-3H3. The third-order valence-electron chi connectivity index (χ3n) is 6.29. The molecule has 0 aliphatic carbocycles. The second-order valence-electron chi connectivity index (χ2n) is 9.78. The molecule has 0 spiro atoms. The van der Waals surface area contributed by atoms with Crippen molar-refractivity contribution in [2.24, 2.45) is 5.73 Å². The van der Waals surface area contributed by atoms with Crippen molar-refractivity contribution in [1.82, 2.24) is 0 Å². The number of nitrogens with zero attached hydrogens (tertiary/aromatic N) is 1. The van der Waals surface area contributed by atoms with Crippen LogP contribution in [0.25, 0.3) is 0 Å². The number of esters is 1. The van der Waals surface area contributed by atoms with Crippen molar-refractivity contribution in [2.75, 3.05) is 6.61 Å². The first-order valence-corrected chi connectivity index (χ1v) is 11.7. The van der Waals surface area contributed by atoms with E-state index in [4.69, 9.17) is 24.7 Å². The highest BCUT2D eigenvalue weighted by Gasteiger charge is 2.33. The summed E-state index contributed by atoms with van der Waals surface area (Å²) < 4.78 is 22.7. The van der Waals surface area contributed by atoms with E-state index in [0.29, 0.717) is 22.8 Å². The molecule has 0 fully saturated rings. The van der Waals surface area contributed by atoms with E-state index in [2.05, 4.69) is 39.0 Å². The van der Waals surface area contributed by atoms with Crippen LogP contribution in [0.2, 0.25) is 0 Å². The molecular formula is C29H26N2O5. The number of para-hydroxylation sites is 2. The number of hydrogen-bond donors (Lipinski definition) is 1. The number of hydrogen-bond acceptors (Lipinski definition) is 7. The second kappa shape index (κ2) is 8.97. The molecule has 3 aromatic rings. The van der Waals surface area contributed by atoms with E-state index < -0.39 is 18.0 Å². The summed E-state index contributed by atoms with van der Waals surface area (Å²) in [5.41, 5.74) is 9.34. The molecule has 0 radical (unpaired) electrons.